The SMILES string of the molecule is O=C(CN1C(=O)SC(=Cc2ccc(O)cc2)C1=O)Nc1ccc2c(c1)OCO2. The minimum atomic E-state index is -0.538. The maximum atomic E-state index is 12.5. The van der Waals surface area contributed by atoms with Crippen LogP contribution in [0.4, 0.5) is 10.5 Å². The molecule has 28 heavy (non-hydrogen) atoms. The quantitative estimate of drug-likeness (QED) is 0.763. The molecule has 3 amide bonds. The topological polar surface area (TPSA) is 105 Å². The summed E-state index contributed by atoms with van der Waals surface area (Å²) in [5.74, 6) is 0.158. The fraction of sp³-hybridized carbons (Fsp3) is 0.105. The third kappa shape index (κ3) is 3.65. The van der Waals surface area contributed by atoms with Gasteiger partial charge in [-0.15, -0.1) is 0 Å². The molecule has 4 rings (SSSR count). The zero-order valence-electron chi connectivity index (χ0n) is 14.4. The van der Waals surface area contributed by atoms with Crippen LogP contribution in [0.5, 0.6) is 17.2 Å². The summed E-state index contributed by atoms with van der Waals surface area (Å²) >= 11 is 0.765. The van der Waals surface area contributed by atoms with Crippen molar-refractivity contribution < 1.29 is 29.0 Å². The molecule has 1 fully saturated rings. The molecule has 142 valence electrons. The highest BCUT2D eigenvalue weighted by Crippen LogP contribution is 2.35. The first-order chi connectivity index (χ1) is 13.5. The van der Waals surface area contributed by atoms with Crippen molar-refractivity contribution in [3.8, 4) is 17.2 Å². The van der Waals surface area contributed by atoms with Crippen LogP contribution in [-0.4, -0.2) is 40.4 Å². The van der Waals surface area contributed by atoms with Gasteiger partial charge in [-0.1, -0.05) is 12.1 Å². The van der Waals surface area contributed by atoms with Gasteiger partial charge in [-0.05, 0) is 47.7 Å². The van der Waals surface area contributed by atoms with E-state index in [0.29, 0.717) is 22.7 Å². The zero-order chi connectivity index (χ0) is 19.7. The average Bonchev–Trinajstić information content (AvgIpc) is 3.23. The summed E-state index contributed by atoms with van der Waals surface area (Å²) in [7, 11) is 0. The number of thioether (sulfide) groups is 1. The Kier molecular flexibility index (Phi) is 4.66. The van der Waals surface area contributed by atoms with Crippen molar-refractivity contribution >= 4 is 40.6 Å². The van der Waals surface area contributed by atoms with Crippen LogP contribution in [0.15, 0.2) is 47.4 Å². The number of phenolic OH excluding ortho intramolecular Hbond substituents is 1. The highest BCUT2D eigenvalue weighted by molar-refractivity contribution is 8.18. The number of carbonyl (C=O) groups excluding carboxylic acids is 3. The Hall–Kier alpha value is -3.46. The molecule has 0 aliphatic carbocycles. The number of imide groups is 1. The molecule has 0 aromatic heterocycles. The molecule has 0 spiro atoms. The second-order valence-corrected chi connectivity index (χ2v) is 6.97. The van der Waals surface area contributed by atoms with E-state index in [4.69, 9.17) is 9.47 Å². The van der Waals surface area contributed by atoms with Crippen molar-refractivity contribution in [2.45, 2.75) is 0 Å². The molecule has 2 heterocycles. The summed E-state index contributed by atoms with van der Waals surface area (Å²) in [5, 5.41) is 11.4. The van der Waals surface area contributed by atoms with Gasteiger partial charge in [0.15, 0.2) is 11.5 Å². The van der Waals surface area contributed by atoms with Gasteiger partial charge in [-0.25, -0.2) is 0 Å². The van der Waals surface area contributed by atoms with E-state index in [9.17, 15) is 19.5 Å². The zero-order valence-corrected chi connectivity index (χ0v) is 15.2. The third-order valence-electron chi connectivity index (χ3n) is 4.02. The largest absolute Gasteiger partial charge is 0.508 e. The second kappa shape index (κ2) is 7.28. The maximum absolute atomic E-state index is 12.5. The van der Waals surface area contributed by atoms with Crippen molar-refractivity contribution in [1.82, 2.24) is 4.90 Å². The Balaban J connectivity index is 1.42. The Morgan fingerprint density at radius 3 is 2.68 bits per heavy atom. The van der Waals surface area contributed by atoms with Gasteiger partial charge in [0.1, 0.15) is 12.3 Å². The highest BCUT2D eigenvalue weighted by atomic mass is 32.2. The number of benzene rings is 2. The van der Waals surface area contributed by atoms with Crippen molar-refractivity contribution in [3.63, 3.8) is 0 Å². The Bertz CT molecular complexity index is 1000. The van der Waals surface area contributed by atoms with Crippen molar-refractivity contribution in [2.75, 3.05) is 18.7 Å². The smallest absolute Gasteiger partial charge is 0.294 e. The number of hydrogen-bond donors (Lipinski definition) is 2. The molecule has 0 radical (unpaired) electrons. The molecule has 0 saturated carbocycles. The van der Waals surface area contributed by atoms with Crippen LogP contribution in [0.1, 0.15) is 5.56 Å². The van der Waals surface area contributed by atoms with E-state index in [2.05, 4.69) is 5.32 Å². The van der Waals surface area contributed by atoms with Crippen LogP contribution in [0.2, 0.25) is 0 Å². The molecular formula is C19H14N2O6S. The lowest BCUT2D eigenvalue weighted by atomic mass is 10.2. The van der Waals surface area contributed by atoms with Crippen LogP contribution in [0, 0.1) is 0 Å². The van der Waals surface area contributed by atoms with E-state index >= 15 is 0 Å². The number of rotatable bonds is 4. The van der Waals surface area contributed by atoms with E-state index in [1.165, 1.54) is 12.1 Å². The lowest BCUT2D eigenvalue weighted by molar-refractivity contribution is -0.127. The molecule has 2 aromatic carbocycles. The number of phenols is 1. The summed E-state index contributed by atoms with van der Waals surface area (Å²) in [6.07, 6.45) is 1.54. The molecule has 8 nitrogen and oxygen atoms in total. The number of hydrogen-bond acceptors (Lipinski definition) is 7. The van der Waals surface area contributed by atoms with E-state index in [1.807, 2.05) is 0 Å². The minimum Gasteiger partial charge on any atom is -0.508 e. The average molecular weight is 398 g/mol. The van der Waals surface area contributed by atoms with Crippen LogP contribution in [0.3, 0.4) is 0 Å². The Morgan fingerprint density at radius 1 is 1.14 bits per heavy atom. The molecule has 9 heteroatoms. The first-order valence-electron chi connectivity index (χ1n) is 8.23. The lowest BCUT2D eigenvalue weighted by Gasteiger charge is -2.12. The Labute approximate surface area is 163 Å². The molecule has 2 N–H and O–H groups in total. The molecule has 0 bridgehead atoms. The maximum Gasteiger partial charge on any atom is 0.294 e. The molecule has 0 atom stereocenters. The monoisotopic (exact) mass is 398 g/mol. The summed E-state index contributed by atoms with van der Waals surface area (Å²) in [4.78, 5) is 38.0. The van der Waals surface area contributed by atoms with E-state index in [0.717, 1.165) is 16.7 Å². The van der Waals surface area contributed by atoms with Gasteiger partial charge >= 0.3 is 0 Å². The van der Waals surface area contributed by atoms with Crippen LogP contribution in [-0.2, 0) is 9.59 Å². The van der Waals surface area contributed by atoms with Crippen molar-refractivity contribution in [2.24, 2.45) is 0 Å². The number of nitrogens with one attached hydrogen (secondary N) is 1. The van der Waals surface area contributed by atoms with E-state index in [-0.39, 0.29) is 17.4 Å². The number of ether oxygens (including phenoxy) is 2. The van der Waals surface area contributed by atoms with Gasteiger partial charge in [-0.2, -0.15) is 0 Å². The predicted octanol–water partition coefficient (Wildman–Crippen LogP) is 2.80. The number of nitrogens with zero attached hydrogens (tertiary/aromatic N) is 1. The molecule has 2 aliphatic rings. The van der Waals surface area contributed by atoms with Crippen molar-refractivity contribution in [3.05, 3.63) is 52.9 Å². The Morgan fingerprint density at radius 2 is 1.89 bits per heavy atom. The predicted molar refractivity (Wildman–Crippen MR) is 102 cm³/mol. The normalized spacial score (nSPS) is 16.7. The van der Waals surface area contributed by atoms with Crippen LogP contribution >= 0.6 is 11.8 Å². The highest BCUT2D eigenvalue weighted by Gasteiger charge is 2.36. The molecule has 1 saturated heterocycles. The summed E-state index contributed by atoms with van der Waals surface area (Å²) in [5.41, 5.74) is 1.13. The summed E-state index contributed by atoms with van der Waals surface area (Å²) in [6.45, 7) is -0.275. The fourth-order valence-corrected chi connectivity index (χ4v) is 3.51. The van der Waals surface area contributed by atoms with Gasteiger partial charge in [0.2, 0.25) is 12.7 Å². The summed E-state index contributed by atoms with van der Waals surface area (Å²) < 4.78 is 10.5. The van der Waals surface area contributed by atoms with Gasteiger partial charge in [0.25, 0.3) is 11.1 Å². The molecular weight excluding hydrogens is 384 g/mol. The second-order valence-electron chi connectivity index (χ2n) is 5.98. The van der Waals surface area contributed by atoms with E-state index in [1.54, 1.807) is 36.4 Å². The minimum absolute atomic E-state index is 0.102. The lowest BCUT2D eigenvalue weighted by Crippen LogP contribution is -2.36. The van der Waals surface area contributed by atoms with Crippen LogP contribution < -0.4 is 14.8 Å². The number of fused-ring (bicyclic) bond motifs is 1. The number of aromatic hydroxyl groups is 1. The summed E-state index contributed by atoms with van der Waals surface area (Å²) in [6, 6.07) is 11.1. The molecule has 0 unspecified atom stereocenters. The molecule has 2 aromatic rings. The third-order valence-corrected chi connectivity index (χ3v) is 4.93. The fourth-order valence-electron chi connectivity index (χ4n) is 2.68. The number of amides is 3. The van der Waals surface area contributed by atoms with Gasteiger partial charge < -0.3 is 19.9 Å². The first-order valence-corrected chi connectivity index (χ1v) is 9.05. The van der Waals surface area contributed by atoms with Gasteiger partial charge in [0.05, 0.1) is 4.91 Å². The van der Waals surface area contributed by atoms with Crippen molar-refractivity contribution in [1.29, 1.82) is 0 Å². The number of anilines is 1. The van der Waals surface area contributed by atoms with Crippen LogP contribution in [0.25, 0.3) is 6.08 Å². The molecule has 2 aliphatic heterocycles. The van der Waals surface area contributed by atoms with E-state index < -0.39 is 23.6 Å². The van der Waals surface area contributed by atoms with Gasteiger partial charge in [0, 0.05) is 11.8 Å². The number of carbonyl (C=O) groups is 3. The van der Waals surface area contributed by atoms with Gasteiger partial charge in [-0.3, -0.25) is 19.3 Å². The first kappa shape index (κ1) is 17.9. The standard InChI is InChI=1S/C19H14N2O6S/c22-13-4-1-11(2-5-13)7-16-18(24)21(19(25)28-16)9-17(23)20-12-3-6-14-15(8-12)27-10-26-14/h1-8,22H,9-10H2,(H,20,23).